The maximum atomic E-state index is 12.1. The Morgan fingerprint density at radius 1 is 1.25 bits per heavy atom. The SMILES string of the molecule is Cc1cnccc1CCNC(=O)Nc1ccnn1C1CCCCC1. The van der Waals surface area contributed by atoms with E-state index in [0.717, 1.165) is 30.6 Å². The number of nitrogens with zero attached hydrogens (tertiary/aromatic N) is 3. The molecule has 1 saturated carbocycles. The topological polar surface area (TPSA) is 71.8 Å². The van der Waals surface area contributed by atoms with Crippen LogP contribution < -0.4 is 10.6 Å². The van der Waals surface area contributed by atoms with E-state index >= 15 is 0 Å². The van der Waals surface area contributed by atoms with Crippen molar-refractivity contribution in [3.8, 4) is 0 Å². The number of nitrogens with one attached hydrogen (secondary N) is 2. The number of aryl methyl sites for hydroxylation is 1. The lowest BCUT2D eigenvalue weighted by molar-refractivity contribution is 0.251. The normalized spacial score (nSPS) is 15.2. The fraction of sp³-hybridized carbons (Fsp3) is 0.500. The van der Waals surface area contributed by atoms with Gasteiger partial charge in [-0.05, 0) is 43.4 Å². The zero-order valence-corrected chi connectivity index (χ0v) is 14.2. The summed E-state index contributed by atoms with van der Waals surface area (Å²) >= 11 is 0. The number of pyridine rings is 1. The molecule has 2 heterocycles. The summed E-state index contributed by atoms with van der Waals surface area (Å²) in [6, 6.07) is 4.08. The number of rotatable bonds is 5. The molecule has 0 saturated heterocycles. The van der Waals surface area contributed by atoms with Gasteiger partial charge in [0.15, 0.2) is 0 Å². The highest BCUT2D eigenvalue weighted by Crippen LogP contribution is 2.29. The minimum absolute atomic E-state index is 0.181. The number of carbonyl (C=O) groups excluding carboxylic acids is 1. The lowest BCUT2D eigenvalue weighted by Crippen LogP contribution is -2.32. The van der Waals surface area contributed by atoms with Crippen molar-refractivity contribution in [1.82, 2.24) is 20.1 Å². The summed E-state index contributed by atoms with van der Waals surface area (Å²) in [7, 11) is 0. The van der Waals surface area contributed by atoms with Crippen molar-refractivity contribution in [2.75, 3.05) is 11.9 Å². The molecule has 24 heavy (non-hydrogen) atoms. The van der Waals surface area contributed by atoms with Crippen LogP contribution in [0.25, 0.3) is 0 Å². The van der Waals surface area contributed by atoms with Gasteiger partial charge in [0, 0.05) is 25.0 Å². The van der Waals surface area contributed by atoms with Gasteiger partial charge in [0.1, 0.15) is 5.82 Å². The molecular formula is C18H25N5O. The highest BCUT2D eigenvalue weighted by Gasteiger charge is 2.19. The molecule has 1 aliphatic carbocycles. The maximum absolute atomic E-state index is 12.1. The van der Waals surface area contributed by atoms with Crippen LogP contribution in [0, 0.1) is 6.92 Å². The van der Waals surface area contributed by atoms with Gasteiger partial charge in [-0.2, -0.15) is 5.10 Å². The Morgan fingerprint density at radius 2 is 2.08 bits per heavy atom. The molecule has 3 rings (SSSR count). The molecule has 0 spiro atoms. The van der Waals surface area contributed by atoms with E-state index in [-0.39, 0.29) is 6.03 Å². The van der Waals surface area contributed by atoms with Crippen LogP contribution in [0.3, 0.4) is 0 Å². The second-order valence-corrected chi connectivity index (χ2v) is 6.39. The highest BCUT2D eigenvalue weighted by atomic mass is 16.2. The smallest absolute Gasteiger partial charge is 0.320 e. The molecule has 1 fully saturated rings. The van der Waals surface area contributed by atoms with E-state index in [9.17, 15) is 4.79 Å². The average Bonchev–Trinajstić information content (AvgIpc) is 3.05. The fourth-order valence-electron chi connectivity index (χ4n) is 3.28. The minimum atomic E-state index is -0.181. The van der Waals surface area contributed by atoms with Crippen LogP contribution in [0.1, 0.15) is 49.3 Å². The van der Waals surface area contributed by atoms with Crippen molar-refractivity contribution in [2.45, 2.75) is 51.5 Å². The molecule has 2 N–H and O–H groups in total. The van der Waals surface area contributed by atoms with Crippen molar-refractivity contribution < 1.29 is 4.79 Å². The van der Waals surface area contributed by atoms with Crippen LogP contribution in [0.4, 0.5) is 10.6 Å². The summed E-state index contributed by atoms with van der Waals surface area (Å²) in [6.07, 6.45) is 12.2. The van der Waals surface area contributed by atoms with Gasteiger partial charge in [0.2, 0.25) is 0 Å². The van der Waals surface area contributed by atoms with E-state index in [2.05, 4.69) is 20.7 Å². The van der Waals surface area contributed by atoms with Gasteiger partial charge in [-0.15, -0.1) is 0 Å². The van der Waals surface area contributed by atoms with Crippen LogP contribution in [-0.4, -0.2) is 27.3 Å². The van der Waals surface area contributed by atoms with E-state index in [1.807, 2.05) is 29.9 Å². The Labute approximate surface area is 142 Å². The predicted octanol–water partition coefficient (Wildman–Crippen LogP) is 3.46. The van der Waals surface area contributed by atoms with Crippen molar-refractivity contribution in [2.24, 2.45) is 0 Å². The maximum Gasteiger partial charge on any atom is 0.320 e. The first-order valence-electron chi connectivity index (χ1n) is 8.72. The number of carbonyl (C=O) groups is 1. The van der Waals surface area contributed by atoms with Crippen LogP contribution in [-0.2, 0) is 6.42 Å². The van der Waals surface area contributed by atoms with E-state index in [0.29, 0.717) is 12.6 Å². The zero-order chi connectivity index (χ0) is 16.8. The van der Waals surface area contributed by atoms with E-state index in [1.54, 1.807) is 12.4 Å². The molecule has 2 aromatic heterocycles. The Bertz CT molecular complexity index is 676. The van der Waals surface area contributed by atoms with Gasteiger partial charge in [0.05, 0.1) is 12.2 Å². The van der Waals surface area contributed by atoms with E-state index in [1.165, 1.54) is 24.8 Å². The molecule has 128 valence electrons. The van der Waals surface area contributed by atoms with Gasteiger partial charge in [0.25, 0.3) is 0 Å². The fourth-order valence-corrected chi connectivity index (χ4v) is 3.28. The quantitative estimate of drug-likeness (QED) is 0.883. The Morgan fingerprint density at radius 3 is 2.88 bits per heavy atom. The van der Waals surface area contributed by atoms with E-state index in [4.69, 9.17) is 0 Å². The number of anilines is 1. The van der Waals surface area contributed by atoms with Crippen molar-refractivity contribution in [3.63, 3.8) is 0 Å². The number of urea groups is 1. The number of aromatic nitrogens is 3. The Balaban J connectivity index is 1.50. The summed E-state index contributed by atoms with van der Waals surface area (Å²) in [5.74, 6) is 0.777. The molecule has 0 atom stereocenters. The van der Waals surface area contributed by atoms with Crippen LogP contribution in [0.5, 0.6) is 0 Å². The highest BCUT2D eigenvalue weighted by molar-refractivity contribution is 5.88. The van der Waals surface area contributed by atoms with Crippen molar-refractivity contribution >= 4 is 11.8 Å². The van der Waals surface area contributed by atoms with Crippen molar-refractivity contribution in [3.05, 3.63) is 41.9 Å². The van der Waals surface area contributed by atoms with Crippen molar-refractivity contribution in [1.29, 1.82) is 0 Å². The molecule has 0 aromatic carbocycles. The molecule has 0 radical (unpaired) electrons. The van der Waals surface area contributed by atoms with Crippen LogP contribution in [0.15, 0.2) is 30.7 Å². The number of hydrogen-bond donors (Lipinski definition) is 2. The first kappa shape index (κ1) is 16.5. The number of amides is 2. The number of hydrogen-bond acceptors (Lipinski definition) is 3. The molecular weight excluding hydrogens is 302 g/mol. The molecule has 6 nitrogen and oxygen atoms in total. The Kier molecular flexibility index (Phi) is 5.46. The molecule has 2 aromatic rings. The first-order chi connectivity index (χ1) is 11.7. The molecule has 1 aliphatic rings. The third-order valence-electron chi connectivity index (χ3n) is 4.65. The summed E-state index contributed by atoms with van der Waals surface area (Å²) in [6.45, 7) is 2.62. The lowest BCUT2D eigenvalue weighted by Gasteiger charge is -2.23. The second kappa shape index (κ2) is 7.95. The summed E-state index contributed by atoms with van der Waals surface area (Å²) in [5, 5.41) is 10.2. The van der Waals surface area contributed by atoms with Gasteiger partial charge >= 0.3 is 6.03 Å². The van der Waals surface area contributed by atoms with Crippen LogP contribution >= 0.6 is 0 Å². The summed E-state index contributed by atoms with van der Waals surface area (Å²) in [4.78, 5) is 16.2. The first-order valence-corrected chi connectivity index (χ1v) is 8.72. The zero-order valence-electron chi connectivity index (χ0n) is 14.2. The standard InChI is InChI=1S/C18H25N5O/c1-14-13-19-10-7-15(14)8-11-20-18(24)22-17-9-12-21-23(17)16-5-3-2-4-6-16/h7,9-10,12-13,16H,2-6,8,11H2,1H3,(H2,20,22,24). The van der Waals surface area contributed by atoms with Gasteiger partial charge in [-0.25, -0.2) is 9.48 Å². The monoisotopic (exact) mass is 327 g/mol. The second-order valence-electron chi connectivity index (χ2n) is 6.39. The summed E-state index contributed by atoms with van der Waals surface area (Å²) in [5.41, 5.74) is 2.35. The molecule has 0 unspecified atom stereocenters. The Hall–Kier alpha value is -2.37. The van der Waals surface area contributed by atoms with Gasteiger partial charge in [-0.3, -0.25) is 10.3 Å². The molecule has 2 amide bonds. The average molecular weight is 327 g/mol. The largest absolute Gasteiger partial charge is 0.337 e. The third-order valence-corrected chi connectivity index (χ3v) is 4.65. The summed E-state index contributed by atoms with van der Waals surface area (Å²) < 4.78 is 1.96. The van der Waals surface area contributed by atoms with Crippen LogP contribution in [0.2, 0.25) is 0 Å². The van der Waals surface area contributed by atoms with Gasteiger partial charge < -0.3 is 5.32 Å². The van der Waals surface area contributed by atoms with E-state index < -0.39 is 0 Å². The molecule has 6 heteroatoms. The minimum Gasteiger partial charge on any atom is -0.337 e. The predicted molar refractivity (Wildman–Crippen MR) is 94.0 cm³/mol. The lowest BCUT2D eigenvalue weighted by atomic mass is 9.96. The van der Waals surface area contributed by atoms with Gasteiger partial charge in [-0.1, -0.05) is 19.3 Å². The molecule has 0 aliphatic heterocycles. The molecule has 0 bridgehead atoms. The third kappa shape index (κ3) is 4.13.